The summed E-state index contributed by atoms with van der Waals surface area (Å²) in [5, 5.41) is 12.9. The van der Waals surface area contributed by atoms with Crippen LogP contribution in [0.2, 0.25) is 0 Å². The average molecular weight is 404 g/mol. The lowest BCUT2D eigenvalue weighted by atomic mass is 9.92. The maximum Gasteiger partial charge on any atom is 0.119 e. The van der Waals surface area contributed by atoms with Crippen LogP contribution in [0, 0.1) is 5.92 Å². The van der Waals surface area contributed by atoms with Crippen molar-refractivity contribution in [3.8, 4) is 5.75 Å². The largest absolute Gasteiger partial charge is 0.493 e. The Hall–Kier alpha value is -0.560. The number of fused-ring (bicyclic) bond motifs is 1. The minimum Gasteiger partial charge on any atom is -0.493 e. The molecule has 0 saturated carbocycles. The Morgan fingerprint density at radius 2 is 2.00 bits per heavy atom. The molecule has 3 aliphatic rings. The molecule has 4 rings (SSSR count). The number of aliphatic hydroxyl groups is 1. The molecule has 1 aromatic rings. The number of ether oxygens (including phenoxy) is 1. The van der Waals surface area contributed by atoms with Gasteiger partial charge in [-0.05, 0) is 30.5 Å². The second kappa shape index (κ2) is 10.1. The number of hydrogen-bond donors (Lipinski definition) is 2. The number of aliphatic hydroxyl groups excluding tert-OH is 1. The van der Waals surface area contributed by atoms with Crippen LogP contribution in [0.4, 0.5) is 0 Å². The van der Waals surface area contributed by atoms with Gasteiger partial charge in [-0.2, -0.15) is 0 Å². The third-order valence-corrected chi connectivity index (χ3v) is 5.60. The molecule has 1 aromatic carbocycles. The van der Waals surface area contributed by atoms with Gasteiger partial charge in [0.25, 0.3) is 0 Å². The van der Waals surface area contributed by atoms with Gasteiger partial charge in [-0.25, -0.2) is 0 Å². The summed E-state index contributed by atoms with van der Waals surface area (Å²) >= 11 is 0. The predicted octanol–water partition coefficient (Wildman–Crippen LogP) is 1.77. The van der Waals surface area contributed by atoms with E-state index in [0.29, 0.717) is 5.92 Å². The highest BCUT2D eigenvalue weighted by Crippen LogP contribution is 2.24. The van der Waals surface area contributed by atoms with Gasteiger partial charge in [0.05, 0.1) is 12.7 Å². The first-order chi connectivity index (χ1) is 11.8. The summed E-state index contributed by atoms with van der Waals surface area (Å²) in [6.45, 7) is 7.94. The lowest BCUT2D eigenvalue weighted by molar-refractivity contribution is -0.00290. The maximum absolute atomic E-state index is 9.39. The van der Waals surface area contributed by atoms with E-state index < -0.39 is 0 Å². The van der Waals surface area contributed by atoms with Crippen molar-refractivity contribution < 1.29 is 9.84 Å². The van der Waals surface area contributed by atoms with E-state index >= 15 is 0 Å². The monoisotopic (exact) mass is 403 g/mol. The van der Waals surface area contributed by atoms with Crippen LogP contribution in [-0.2, 0) is 6.54 Å². The molecule has 3 saturated heterocycles. The van der Waals surface area contributed by atoms with Gasteiger partial charge in [0.1, 0.15) is 5.75 Å². The molecule has 0 aliphatic carbocycles. The fraction of sp³-hybridized carbons (Fsp3) is 0.684. The number of β-amino-alcohol motifs (C(OH)–C–C–N with tert-alkyl or cyclic N) is 1. The third-order valence-electron chi connectivity index (χ3n) is 5.60. The maximum atomic E-state index is 9.39. The van der Waals surface area contributed by atoms with Gasteiger partial charge in [-0.15, -0.1) is 24.8 Å². The van der Waals surface area contributed by atoms with Crippen molar-refractivity contribution in [2.75, 3.05) is 45.9 Å². The number of rotatable bonds is 5. The summed E-state index contributed by atoms with van der Waals surface area (Å²) in [5.41, 5.74) is 1.27. The van der Waals surface area contributed by atoms with E-state index in [1.807, 2.05) is 0 Å². The van der Waals surface area contributed by atoms with Gasteiger partial charge in [-0.3, -0.25) is 9.80 Å². The van der Waals surface area contributed by atoms with Crippen molar-refractivity contribution in [3.63, 3.8) is 0 Å². The van der Waals surface area contributed by atoms with Gasteiger partial charge in [-0.1, -0.05) is 12.1 Å². The van der Waals surface area contributed by atoms with Gasteiger partial charge in [0.2, 0.25) is 0 Å². The zero-order valence-corrected chi connectivity index (χ0v) is 16.8. The topological polar surface area (TPSA) is 48.0 Å². The van der Waals surface area contributed by atoms with Gasteiger partial charge < -0.3 is 15.2 Å². The zero-order valence-electron chi connectivity index (χ0n) is 15.2. The Morgan fingerprint density at radius 3 is 2.81 bits per heavy atom. The molecule has 0 amide bonds. The molecule has 0 unspecified atom stereocenters. The molecule has 0 bridgehead atoms. The quantitative estimate of drug-likeness (QED) is 0.784. The van der Waals surface area contributed by atoms with E-state index in [4.69, 9.17) is 4.74 Å². The smallest absolute Gasteiger partial charge is 0.119 e. The van der Waals surface area contributed by atoms with Crippen molar-refractivity contribution >= 4 is 24.8 Å². The standard InChI is InChI=1S/C19H29N3O2.2ClH/c23-18-12-21(13-18)10-15-2-1-3-19(8-15)24-14-16-4-5-17-9-20-6-7-22(17)11-16;;/h1-3,8,16-18,20,23H,4-7,9-14H2;2*1H/t16-,17-;;/m1../s1. The first kappa shape index (κ1) is 21.7. The normalized spacial score (nSPS) is 26.8. The molecular weight excluding hydrogens is 373 g/mol. The molecule has 0 spiro atoms. The molecule has 5 nitrogen and oxygen atoms in total. The number of piperazine rings is 1. The number of benzene rings is 1. The van der Waals surface area contributed by atoms with Gasteiger partial charge in [0.15, 0.2) is 0 Å². The lowest BCUT2D eigenvalue weighted by Gasteiger charge is -2.42. The lowest BCUT2D eigenvalue weighted by Crippen LogP contribution is -2.55. The fourth-order valence-electron chi connectivity index (χ4n) is 4.19. The second-order valence-corrected chi connectivity index (χ2v) is 7.60. The first-order valence-corrected chi connectivity index (χ1v) is 9.33. The fourth-order valence-corrected chi connectivity index (χ4v) is 4.19. The number of piperidine rings is 1. The summed E-state index contributed by atoms with van der Waals surface area (Å²) in [7, 11) is 0. The Bertz CT molecular complexity index is 557. The molecule has 2 N–H and O–H groups in total. The van der Waals surface area contributed by atoms with Crippen LogP contribution in [0.15, 0.2) is 24.3 Å². The van der Waals surface area contributed by atoms with Crippen LogP contribution in [0.5, 0.6) is 5.75 Å². The summed E-state index contributed by atoms with van der Waals surface area (Å²) in [6.07, 6.45) is 2.43. The minimum absolute atomic E-state index is 0. The summed E-state index contributed by atoms with van der Waals surface area (Å²) in [5.74, 6) is 1.63. The number of likely N-dealkylation sites (tertiary alicyclic amines) is 1. The summed E-state index contributed by atoms with van der Waals surface area (Å²) in [4.78, 5) is 4.90. The van der Waals surface area contributed by atoms with Crippen molar-refractivity contribution in [1.29, 1.82) is 0 Å². The van der Waals surface area contributed by atoms with Crippen molar-refractivity contribution in [3.05, 3.63) is 29.8 Å². The van der Waals surface area contributed by atoms with Crippen LogP contribution < -0.4 is 10.1 Å². The SMILES string of the molecule is Cl.Cl.OC1CN(Cc2cccc(OC[C@@H]3CC[C@@H]4CNCCN4C3)c2)C1. The Labute approximate surface area is 168 Å². The third kappa shape index (κ3) is 5.47. The Balaban J connectivity index is 0.00000121. The van der Waals surface area contributed by atoms with E-state index in [1.54, 1.807) is 0 Å². The number of hydrogen-bond acceptors (Lipinski definition) is 5. The zero-order chi connectivity index (χ0) is 16.4. The highest BCUT2D eigenvalue weighted by atomic mass is 35.5. The molecule has 7 heteroatoms. The van der Waals surface area contributed by atoms with Crippen LogP contribution in [0.1, 0.15) is 18.4 Å². The average Bonchev–Trinajstić information content (AvgIpc) is 2.59. The van der Waals surface area contributed by atoms with E-state index in [9.17, 15) is 5.11 Å². The molecule has 148 valence electrons. The molecule has 3 fully saturated rings. The summed E-state index contributed by atoms with van der Waals surface area (Å²) < 4.78 is 6.11. The summed E-state index contributed by atoms with van der Waals surface area (Å²) in [6, 6.07) is 9.18. The van der Waals surface area contributed by atoms with Gasteiger partial charge in [0, 0.05) is 57.8 Å². The second-order valence-electron chi connectivity index (χ2n) is 7.60. The Morgan fingerprint density at radius 1 is 1.15 bits per heavy atom. The molecule has 2 atom stereocenters. The Kier molecular flexibility index (Phi) is 8.45. The number of nitrogens with one attached hydrogen (secondary N) is 1. The van der Waals surface area contributed by atoms with Crippen molar-refractivity contribution in [2.45, 2.75) is 31.5 Å². The van der Waals surface area contributed by atoms with Crippen molar-refractivity contribution in [2.24, 2.45) is 5.92 Å². The molecule has 3 aliphatic heterocycles. The van der Waals surface area contributed by atoms with E-state index in [0.717, 1.165) is 51.1 Å². The van der Waals surface area contributed by atoms with Crippen LogP contribution in [-0.4, -0.2) is 72.9 Å². The van der Waals surface area contributed by atoms with Crippen LogP contribution in [0.3, 0.4) is 0 Å². The van der Waals surface area contributed by atoms with Crippen molar-refractivity contribution in [1.82, 2.24) is 15.1 Å². The molecule has 3 heterocycles. The first-order valence-electron chi connectivity index (χ1n) is 9.33. The highest BCUT2D eigenvalue weighted by Gasteiger charge is 2.30. The molecule has 26 heavy (non-hydrogen) atoms. The van der Waals surface area contributed by atoms with Crippen LogP contribution >= 0.6 is 24.8 Å². The molecule has 0 aromatic heterocycles. The number of halogens is 2. The highest BCUT2D eigenvalue weighted by molar-refractivity contribution is 5.85. The van der Waals surface area contributed by atoms with Gasteiger partial charge >= 0.3 is 0 Å². The predicted molar refractivity (Wildman–Crippen MR) is 109 cm³/mol. The molecular formula is C19H31Cl2N3O2. The van der Waals surface area contributed by atoms with Crippen LogP contribution in [0.25, 0.3) is 0 Å². The van der Waals surface area contributed by atoms with E-state index in [-0.39, 0.29) is 30.9 Å². The number of nitrogens with zero attached hydrogens (tertiary/aromatic N) is 2. The minimum atomic E-state index is -0.135. The van der Waals surface area contributed by atoms with E-state index in [1.165, 1.54) is 31.5 Å². The molecule has 0 radical (unpaired) electrons. The van der Waals surface area contributed by atoms with E-state index in [2.05, 4.69) is 39.4 Å².